The minimum atomic E-state index is -0.738. The second kappa shape index (κ2) is 11.0. The van der Waals surface area contributed by atoms with Gasteiger partial charge in [-0.05, 0) is 60.2 Å². The molecule has 184 valence electrons. The van der Waals surface area contributed by atoms with Gasteiger partial charge >= 0.3 is 0 Å². The first-order valence-electron chi connectivity index (χ1n) is 11.1. The summed E-state index contributed by atoms with van der Waals surface area (Å²) in [6.07, 6.45) is 1.56. The summed E-state index contributed by atoms with van der Waals surface area (Å²) < 4.78 is 10.9. The van der Waals surface area contributed by atoms with Crippen LogP contribution in [0.2, 0.25) is 5.02 Å². The molecule has 0 saturated carbocycles. The van der Waals surface area contributed by atoms with Crippen molar-refractivity contribution in [1.82, 2.24) is 10.3 Å². The van der Waals surface area contributed by atoms with Crippen molar-refractivity contribution in [1.29, 1.82) is 0 Å². The van der Waals surface area contributed by atoms with E-state index in [4.69, 9.17) is 21.1 Å². The fourth-order valence-corrected chi connectivity index (χ4v) is 4.02. The molecule has 0 radical (unpaired) electrons. The summed E-state index contributed by atoms with van der Waals surface area (Å²) in [5.74, 6) is 0.433. The number of fused-ring (bicyclic) bond motifs is 1. The number of benzene rings is 3. The van der Waals surface area contributed by atoms with Gasteiger partial charge in [0.1, 0.15) is 22.8 Å². The molecule has 3 aromatic carbocycles. The summed E-state index contributed by atoms with van der Waals surface area (Å²) in [7, 11) is 1.56. The van der Waals surface area contributed by atoms with E-state index in [1.54, 1.807) is 80.0 Å². The number of nitrogens with zero attached hydrogens (tertiary/aromatic N) is 1. The average molecular weight is 506 g/mol. The molecule has 0 aliphatic rings. The third-order valence-corrected chi connectivity index (χ3v) is 5.77. The first-order valence-corrected chi connectivity index (χ1v) is 11.4. The predicted molar refractivity (Wildman–Crippen MR) is 138 cm³/mol. The molecule has 0 saturated heterocycles. The van der Waals surface area contributed by atoms with Gasteiger partial charge in [-0.3, -0.25) is 14.6 Å². The number of anilines is 1. The van der Waals surface area contributed by atoms with Gasteiger partial charge in [0.15, 0.2) is 6.61 Å². The third kappa shape index (κ3) is 5.67. The molecular weight excluding hydrogens is 482 g/mol. The van der Waals surface area contributed by atoms with E-state index in [0.717, 1.165) is 0 Å². The van der Waals surface area contributed by atoms with Crippen LogP contribution in [-0.4, -0.2) is 35.6 Å². The zero-order valence-electron chi connectivity index (χ0n) is 19.6. The SMILES string of the molecule is COc1ccc(C(NC(=O)COc2ccc(NC(C)=O)cc2)c2cc(Cl)c3cccnc3c2O)cc1. The zero-order chi connectivity index (χ0) is 25.7. The first-order chi connectivity index (χ1) is 17.4. The molecule has 1 atom stereocenters. The van der Waals surface area contributed by atoms with Gasteiger partial charge in [0.2, 0.25) is 5.91 Å². The van der Waals surface area contributed by atoms with Crippen molar-refractivity contribution < 1.29 is 24.2 Å². The van der Waals surface area contributed by atoms with Gasteiger partial charge in [-0.2, -0.15) is 0 Å². The van der Waals surface area contributed by atoms with Gasteiger partial charge < -0.3 is 25.2 Å². The lowest BCUT2D eigenvalue weighted by atomic mass is 9.96. The largest absolute Gasteiger partial charge is 0.505 e. The number of phenols is 1. The highest BCUT2D eigenvalue weighted by atomic mass is 35.5. The fraction of sp³-hybridized carbons (Fsp3) is 0.148. The number of carbonyl (C=O) groups is 2. The molecule has 4 rings (SSSR count). The van der Waals surface area contributed by atoms with Crippen molar-refractivity contribution in [2.75, 3.05) is 19.0 Å². The molecule has 8 nitrogen and oxygen atoms in total. The minimum Gasteiger partial charge on any atom is -0.505 e. The Labute approximate surface area is 212 Å². The van der Waals surface area contributed by atoms with Crippen LogP contribution >= 0.6 is 11.6 Å². The average Bonchev–Trinajstić information content (AvgIpc) is 2.89. The Bertz CT molecular complexity index is 1390. The zero-order valence-corrected chi connectivity index (χ0v) is 20.4. The molecule has 0 bridgehead atoms. The molecule has 1 aromatic heterocycles. The molecule has 0 fully saturated rings. The molecule has 0 spiro atoms. The number of rotatable bonds is 8. The second-order valence-electron chi connectivity index (χ2n) is 7.96. The number of ether oxygens (including phenoxy) is 2. The highest BCUT2D eigenvalue weighted by Crippen LogP contribution is 2.38. The Kier molecular flexibility index (Phi) is 7.56. The Morgan fingerprint density at radius 1 is 1.06 bits per heavy atom. The van der Waals surface area contributed by atoms with Crippen molar-refractivity contribution in [3.05, 3.63) is 89.1 Å². The van der Waals surface area contributed by atoms with Crippen LogP contribution in [0.5, 0.6) is 17.2 Å². The second-order valence-corrected chi connectivity index (χ2v) is 8.37. The summed E-state index contributed by atoms with van der Waals surface area (Å²) in [4.78, 5) is 28.4. The maximum absolute atomic E-state index is 12.9. The van der Waals surface area contributed by atoms with E-state index in [1.165, 1.54) is 6.92 Å². The van der Waals surface area contributed by atoms with E-state index >= 15 is 0 Å². The number of hydrogen-bond acceptors (Lipinski definition) is 6. The van der Waals surface area contributed by atoms with Crippen LogP contribution in [0.4, 0.5) is 5.69 Å². The monoisotopic (exact) mass is 505 g/mol. The molecule has 0 aliphatic heterocycles. The first kappa shape index (κ1) is 24.8. The quantitative estimate of drug-likeness (QED) is 0.316. The van der Waals surface area contributed by atoms with Crippen LogP contribution in [-0.2, 0) is 9.59 Å². The number of methoxy groups -OCH3 is 1. The molecule has 1 heterocycles. The normalized spacial score (nSPS) is 11.5. The summed E-state index contributed by atoms with van der Waals surface area (Å²) >= 11 is 6.50. The van der Waals surface area contributed by atoms with Gasteiger partial charge in [-0.25, -0.2) is 0 Å². The highest BCUT2D eigenvalue weighted by molar-refractivity contribution is 6.35. The number of hydrogen-bond donors (Lipinski definition) is 3. The van der Waals surface area contributed by atoms with Gasteiger partial charge in [0.25, 0.3) is 5.91 Å². The van der Waals surface area contributed by atoms with E-state index in [2.05, 4.69) is 15.6 Å². The topological polar surface area (TPSA) is 110 Å². The molecule has 9 heteroatoms. The van der Waals surface area contributed by atoms with Crippen molar-refractivity contribution in [3.63, 3.8) is 0 Å². The van der Waals surface area contributed by atoms with E-state index < -0.39 is 11.9 Å². The fourth-order valence-electron chi connectivity index (χ4n) is 3.75. The molecule has 36 heavy (non-hydrogen) atoms. The smallest absolute Gasteiger partial charge is 0.258 e. The van der Waals surface area contributed by atoms with E-state index in [9.17, 15) is 14.7 Å². The third-order valence-electron chi connectivity index (χ3n) is 5.46. The van der Waals surface area contributed by atoms with Crippen LogP contribution in [0.3, 0.4) is 0 Å². The van der Waals surface area contributed by atoms with Crippen molar-refractivity contribution >= 4 is 40.0 Å². The van der Waals surface area contributed by atoms with Crippen LogP contribution in [0.15, 0.2) is 72.9 Å². The molecule has 1 unspecified atom stereocenters. The lowest BCUT2D eigenvalue weighted by Crippen LogP contribution is -2.33. The molecular formula is C27H24ClN3O5. The van der Waals surface area contributed by atoms with Crippen molar-refractivity contribution in [2.45, 2.75) is 13.0 Å². The van der Waals surface area contributed by atoms with Gasteiger partial charge in [0.05, 0.1) is 18.2 Å². The van der Waals surface area contributed by atoms with Crippen LogP contribution in [0.25, 0.3) is 10.9 Å². The Balaban J connectivity index is 1.59. The highest BCUT2D eigenvalue weighted by Gasteiger charge is 2.23. The molecule has 2 amide bonds. The Morgan fingerprint density at radius 3 is 2.42 bits per heavy atom. The van der Waals surface area contributed by atoms with Crippen LogP contribution in [0.1, 0.15) is 24.1 Å². The Morgan fingerprint density at radius 2 is 1.75 bits per heavy atom. The predicted octanol–water partition coefficient (Wildman–Crippen LogP) is 4.85. The summed E-state index contributed by atoms with van der Waals surface area (Å²) in [5.41, 5.74) is 2.05. The number of phenolic OH excluding ortho intramolecular Hbond substituents is 1. The number of carbonyl (C=O) groups excluding carboxylic acids is 2. The Hall–Kier alpha value is -4.30. The van der Waals surface area contributed by atoms with Crippen molar-refractivity contribution in [2.24, 2.45) is 0 Å². The van der Waals surface area contributed by atoms with Crippen LogP contribution in [0, 0.1) is 0 Å². The summed E-state index contributed by atoms with van der Waals surface area (Å²) in [6, 6.07) is 18.2. The number of amides is 2. The van der Waals surface area contributed by atoms with E-state index in [1.807, 2.05) is 0 Å². The molecule has 4 aromatic rings. The molecule has 3 N–H and O–H groups in total. The minimum absolute atomic E-state index is 0.0782. The van der Waals surface area contributed by atoms with Gasteiger partial charge in [0, 0.05) is 29.8 Å². The lowest BCUT2D eigenvalue weighted by Gasteiger charge is -2.22. The molecule has 0 aliphatic carbocycles. The maximum atomic E-state index is 12.9. The lowest BCUT2D eigenvalue weighted by molar-refractivity contribution is -0.123. The number of pyridine rings is 1. The summed E-state index contributed by atoms with van der Waals surface area (Å²) in [6.45, 7) is 1.15. The number of aromatic nitrogens is 1. The summed E-state index contributed by atoms with van der Waals surface area (Å²) in [5, 5.41) is 17.6. The van der Waals surface area contributed by atoms with E-state index in [0.29, 0.717) is 44.2 Å². The number of aromatic hydroxyl groups is 1. The maximum Gasteiger partial charge on any atom is 0.258 e. The van der Waals surface area contributed by atoms with E-state index in [-0.39, 0.29) is 18.3 Å². The number of nitrogens with one attached hydrogen (secondary N) is 2. The van der Waals surface area contributed by atoms with Gasteiger partial charge in [-0.15, -0.1) is 0 Å². The van der Waals surface area contributed by atoms with Crippen molar-refractivity contribution in [3.8, 4) is 17.2 Å². The standard InChI is InChI=1S/C27H24ClN3O5/c1-16(32)30-18-7-11-20(12-8-18)36-15-24(33)31-25(17-5-9-19(35-2)10-6-17)22-14-23(28)21-4-3-13-29-26(21)27(22)34/h3-14,25,34H,15H2,1-2H3,(H,30,32)(H,31,33). The number of halogens is 1. The van der Waals surface area contributed by atoms with Crippen LogP contribution < -0.4 is 20.1 Å². The van der Waals surface area contributed by atoms with Gasteiger partial charge in [-0.1, -0.05) is 23.7 Å².